The van der Waals surface area contributed by atoms with E-state index in [1.807, 2.05) is 6.08 Å². The van der Waals surface area contributed by atoms with Gasteiger partial charge in [0.2, 0.25) is 0 Å². The van der Waals surface area contributed by atoms with Crippen molar-refractivity contribution in [1.29, 1.82) is 0 Å². The highest BCUT2D eigenvalue weighted by atomic mass is 14.2. The van der Waals surface area contributed by atoms with E-state index in [4.69, 9.17) is 0 Å². The van der Waals surface area contributed by atoms with Crippen molar-refractivity contribution in [1.82, 2.24) is 0 Å². The lowest BCUT2D eigenvalue weighted by Crippen LogP contribution is -1.81. The summed E-state index contributed by atoms with van der Waals surface area (Å²) in [5, 5.41) is 2.68. The van der Waals surface area contributed by atoms with Gasteiger partial charge in [0.25, 0.3) is 0 Å². The van der Waals surface area contributed by atoms with E-state index in [9.17, 15) is 0 Å². The maximum absolute atomic E-state index is 3.94. The molecule has 0 nitrogen and oxygen atoms in total. The first kappa shape index (κ1) is 9.67. The molecule has 0 heteroatoms. The molecule has 1 aliphatic carbocycles. The third-order valence-corrected chi connectivity index (χ3v) is 3.78. The first-order valence-corrected chi connectivity index (χ1v) is 6.18. The second-order valence-corrected chi connectivity index (χ2v) is 4.68. The van der Waals surface area contributed by atoms with E-state index in [0.29, 0.717) is 0 Å². The van der Waals surface area contributed by atoms with Crippen LogP contribution in [0.15, 0.2) is 61.2 Å². The number of rotatable bonds is 1. The third-order valence-electron chi connectivity index (χ3n) is 3.78. The van der Waals surface area contributed by atoms with E-state index in [-0.39, 0.29) is 0 Å². The predicted molar refractivity (Wildman–Crippen MR) is 78.5 cm³/mol. The average Bonchev–Trinajstić information content (AvgIpc) is 2.77. The fourth-order valence-corrected chi connectivity index (χ4v) is 3.02. The Morgan fingerprint density at radius 1 is 0.722 bits per heavy atom. The lowest BCUT2D eigenvalue weighted by atomic mass is 9.98. The Morgan fingerprint density at radius 3 is 2.33 bits per heavy atom. The van der Waals surface area contributed by atoms with Gasteiger partial charge in [-0.1, -0.05) is 67.3 Å². The molecule has 0 aromatic heterocycles. The Hall–Kier alpha value is -2.34. The lowest BCUT2D eigenvalue weighted by Gasteiger charge is -2.06. The molecule has 0 N–H and O–H groups in total. The molecule has 0 aliphatic heterocycles. The molecule has 0 saturated carbocycles. The highest BCUT2D eigenvalue weighted by molar-refractivity contribution is 6.17. The van der Waals surface area contributed by atoms with Gasteiger partial charge < -0.3 is 0 Å². The zero-order valence-corrected chi connectivity index (χ0v) is 9.98. The van der Waals surface area contributed by atoms with Gasteiger partial charge in [-0.05, 0) is 38.6 Å². The topological polar surface area (TPSA) is 0 Å². The van der Waals surface area contributed by atoms with Gasteiger partial charge in [0, 0.05) is 0 Å². The van der Waals surface area contributed by atoms with Crippen molar-refractivity contribution >= 4 is 16.8 Å². The van der Waals surface area contributed by atoms with E-state index < -0.39 is 0 Å². The number of hydrogen-bond donors (Lipinski definition) is 0. The molecule has 0 radical (unpaired) electrons. The van der Waals surface area contributed by atoms with Crippen LogP contribution in [0, 0.1) is 0 Å². The molecule has 0 bridgehead atoms. The molecule has 0 saturated heterocycles. The molecule has 18 heavy (non-hydrogen) atoms. The number of benzene rings is 3. The normalized spacial score (nSPS) is 11.6. The Kier molecular flexibility index (Phi) is 1.79. The van der Waals surface area contributed by atoms with Gasteiger partial charge in [-0.15, -0.1) is 0 Å². The van der Waals surface area contributed by atoms with Crippen LogP contribution in [0.3, 0.4) is 0 Å². The van der Waals surface area contributed by atoms with Crippen LogP contribution in [0.1, 0.15) is 5.56 Å². The van der Waals surface area contributed by atoms with E-state index in [2.05, 4.69) is 61.2 Å². The van der Waals surface area contributed by atoms with Crippen molar-refractivity contribution in [3.63, 3.8) is 0 Å². The highest BCUT2D eigenvalue weighted by Gasteiger charge is 2.22. The molecule has 0 heterocycles. The zero-order valence-electron chi connectivity index (χ0n) is 9.98. The third kappa shape index (κ3) is 1.05. The van der Waals surface area contributed by atoms with Crippen molar-refractivity contribution < 1.29 is 0 Å². The second-order valence-electron chi connectivity index (χ2n) is 4.68. The van der Waals surface area contributed by atoms with Crippen molar-refractivity contribution in [3.8, 4) is 22.3 Å². The zero-order chi connectivity index (χ0) is 12.1. The van der Waals surface area contributed by atoms with Crippen molar-refractivity contribution in [3.05, 3.63) is 66.7 Å². The minimum absolute atomic E-state index is 1.22. The minimum atomic E-state index is 1.22. The summed E-state index contributed by atoms with van der Waals surface area (Å²) in [6.07, 6.45) is 1.95. The smallest absolute Gasteiger partial charge is 0.00204 e. The van der Waals surface area contributed by atoms with Gasteiger partial charge in [-0.3, -0.25) is 0 Å². The summed E-state index contributed by atoms with van der Waals surface area (Å²) in [5.74, 6) is 0. The van der Waals surface area contributed by atoms with Crippen LogP contribution in [0.4, 0.5) is 0 Å². The monoisotopic (exact) mass is 228 g/mol. The number of hydrogen-bond acceptors (Lipinski definition) is 0. The Labute approximate surface area is 106 Å². The van der Waals surface area contributed by atoms with Gasteiger partial charge in [0.05, 0.1) is 0 Å². The van der Waals surface area contributed by atoms with Crippen LogP contribution in [0.25, 0.3) is 39.1 Å². The standard InChI is InChI=1S/C18H12/c1-2-12-10-11-13-6-5-9-16-14-7-3-4-8-15(14)17(12)18(13)16/h2-11H,1H2. The second kappa shape index (κ2) is 3.33. The largest absolute Gasteiger partial charge is 0.0984 e. The van der Waals surface area contributed by atoms with Crippen LogP contribution in [0.5, 0.6) is 0 Å². The summed E-state index contributed by atoms with van der Waals surface area (Å²) in [6.45, 7) is 3.94. The van der Waals surface area contributed by atoms with Crippen LogP contribution in [-0.2, 0) is 0 Å². The summed E-state index contributed by atoms with van der Waals surface area (Å²) < 4.78 is 0. The molecule has 0 atom stereocenters. The maximum atomic E-state index is 3.94. The molecule has 0 unspecified atom stereocenters. The molecule has 3 aromatic carbocycles. The Bertz CT molecular complexity index is 794. The molecular formula is C18H12. The van der Waals surface area contributed by atoms with Gasteiger partial charge in [0.15, 0.2) is 0 Å². The highest BCUT2D eigenvalue weighted by Crippen LogP contribution is 2.48. The average molecular weight is 228 g/mol. The summed E-state index contributed by atoms with van der Waals surface area (Å²) in [4.78, 5) is 0. The first-order valence-electron chi connectivity index (χ1n) is 6.18. The van der Waals surface area contributed by atoms with E-state index in [1.165, 1.54) is 38.6 Å². The fourth-order valence-electron chi connectivity index (χ4n) is 3.02. The molecule has 0 spiro atoms. The molecule has 0 amide bonds. The first-order chi connectivity index (χ1) is 8.90. The van der Waals surface area contributed by atoms with Gasteiger partial charge in [-0.25, -0.2) is 0 Å². The Morgan fingerprint density at radius 2 is 1.50 bits per heavy atom. The van der Waals surface area contributed by atoms with Crippen LogP contribution in [-0.4, -0.2) is 0 Å². The van der Waals surface area contributed by atoms with E-state index in [0.717, 1.165) is 0 Å². The summed E-state index contributed by atoms with van der Waals surface area (Å²) in [6, 6.07) is 19.5. The van der Waals surface area contributed by atoms with E-state index in [1.54, 1.807) is 0 Å². The van der Waals surface area contributed by atoms with E-state index >= 15 is 0 Å². The van der Waals surface area contributed by atoms with Gasteiger partial charge in [0.1, 0.15) is 0 Å². The molecule has 0 fully saturated rings. The van der Waals surface area contributed by atoms with Crippen molar-refractivity contribution in [2.45, 2.75) is 0 Å². The lowest BCUT2D eigenvalue weighted by molar-refractivity contribution is 1.68. The van der Waals surface area contributed by atoms with Crippen LogP contribution >= 0.6 is 0 Å². The molecule has 3 aromatic rings. The molecule has 1 aliphatic rings. The van der Waals surface area contributed by atoms with Crippen molar-refractivity contribution in [2.24, 2.45) is 0 Å². The van der Waals surface area contributed by atoms with Gasteiger partial charge in [-0.2, -0.15) is 0 Å². The Balaban J connectivity index is 2.31. The summed E-state index contributed by atoms with van der Waals surface area (Å²) in [5.41, 5.74) is 6.59. The molecular weight excluding hydrogens is 216 g/mol. The minimum Gasteiger partial charge on any atom is -0.0984 e. The van der Waals surface area contributed by atoms with Crippen molar-refractivity contribution in [2.75, 3.05) is 0 Å². The molecule has 4 rings (SSSR count). The van der Waals surface area contributed by atoms with Gasteiger partial charge >= 0.3 is 0 Å². The summed E-state index contributed by atoms with van der Waals surface area (Å²) in [7, 11) is 0. The van der Waals surface area contributed by atoms with Crippen LogP contribution in [0.2, 0.25) is 0 Å². The quantitative estimate of drug-likeness (QED) is 0.423. The number of fused-ring (bicyclic) bond motifs is 3. The summed E-state index contributed by atoms with van der Waals surface area (Å²) >= 11 is 0. The maximum Gasteiger partial charge on any atom is -0.00204 e. The molecule has 84 valence electrons. The fraction of sp³-hybridized carbons (Fsp3) is 0. The van der Waals surface area contributed by atoms with Crippen LogP contribution < -0.4 is 0 Å². The predicted octanol–water partition coefficient (Wildman–Crippen LogP) is 5.13. The SMILES string of the molecule is C=Cc1ccc2cccc3c2c1-c1ccccc1-3.